The highest BCUT2D eigenvalue weighted by Gasteiger charge is 2.38. The maximum absolute atomic E-state index is 11.2. The van der Waals surface area contributed by atoms with Gasteiger partial charge >= 0.3 is 0 Å². The first-order valence-electron chi connectivity index (χ1n) is 4.16. The van der Waals surface area contributed by atoms with Gasteiger partial charge in [-0.3, -0.25) is 4.79 Å². The average molecular weight is 169 g/mol. The molecule has 0 spiro atoms. The highest BCUT2D eigenvalue weighted by atomic mass is 16.3. The van der Waals surface area contributed by atoms with Crippen LogP contribution in [0.15, 0.2) is 12.7 Å². The SMILES string of the molecule is C=CCCC(=O)N1CC(C)(O)C1. The van der Waals surface area contributed by atoms with Gasteiger partial charge in [-0.1, -0.05) is 6.08 Å². The number of nitrogens with zero attached hydrogens (tertiary/aromatic N) is 1. The Morgan fingerprint density at radius 2 is 2.33 bits per heavy atom. The Bertz CT molecular complexity index is 191. The predicted octanol–water partition coefficient (Wildman–Crippen LogP) is 0.546. The molecule has 1 N–H and O–H groups in total. The predicted molar refractivity (Wildman–Crippen MR) is 46.6 cm³/mol. The summed E-state index contributed by atoms with van der Waals surface area (Å²) >= 11 is 0. The number of hydrogen-bond acceptors (Lipinski definition) is 2. The number of likely N-dealkylation sites (tertiary alicyclic amines) is 1. The third-order valence-corrected chi connectivity index (χ3v) is 1.98. The van der Waals surface area contributed by atoms with Crippen LogP contribution in [0, 0.1) is 0 Å². The summed E-state index contributed by atoms with van der Waals surface area (Å²) in [5.41, 5.74) is -0.649. The van der Waals surface area contributed by atoms with E-state index >= 15 is 0 Å². The molecular weight excluding hydrogens is 154 g/mol. The molecule has 0 aliphatic carbocycles. The molecular formula is C9H15NO2. The van der Waals surface area contributed by atoms with E-state index in [1.807, 2.05) is 0 Å². The summed E-state index contributed by atoms with van der Waals surface area (Å²) in [6.45, 7) is 6.24. The molecule has 12 heavy (non-hydrogen) atoms. The zero-order valence-corrected chi connectivity index (χ0v) is 7.42. The maximum Gasteiger partial charge on any atom is 0.223 e. The minimum Gasteiger partial charge on any atom is -0.386 e. The number of carbonyl (C=O) groups is 1. The van der Waals surface area contributed by atoms with Crippen LogP contribution < -0.4 is 0 Å². The van der Waals surface area contributed by atoms with Crippen LogP contribution >= 0.6 is 0 Å². The minimum absolute atomic E-state index is 0.112. The standard InChI is InChI=1S/C9H15NO2/c1-3-4-5-8(11)10-6-9(2,12)7-10/h3,12H,1,4-7H2,2H3. The first-order valence-corrected chi connectivity index (χ1v) is 4.16. The molecule has 1 aliphatic rings. The molecule has 1 saturated heterocycles. The summed E-state index contributed by atoms with van der Waals surface area (Å²) < 4.78 is 0. The van der Waals surface area contributed by atoms with Gasteiger partial charge in [0.15, 0.2) is 0 Å². The van der Waals surface area contributed by atoms with Crippen LogP contribution in [0.5, 0.6) is 0 Å². The molecule has 3 heteroatoms. The van der Waals surface area contributed by atoms with Crippen LogP contribution in [0.2, 0.25) is 0 Å². The van der Waals surface area contributed by atoms with Gasteiger partial charge < -0.3 is 10.0 Å². The van der Waals surface area contributed by atoms with Gasteiger partial charge in [-0.15, -0.1) is 6.58 Å². The van der Waals surface area contributed by atoms with Crippen molar-refractivity contribution in [1.82, 2.24) is 4.90 Å². The summed E-state index contributed by atoms with van der Waals surface area (Å²) in [5.74, 6) is 0.112. The van der Waals surface area contributed by atoms with E-state index in [0.717, 1.165) is 6.42 Å². The Labute approximate surface area is 72.7 Å². The van der Waals surface area contributed by atoms with E-state index in [-0.39, 0.29) is 5.91 Å². The van der Waals surface area contributed by atoms with Crippen LogP contribution in [0.4, 0.5) is 0 Å². The lowest BCUT2D eigenvalue weighted by atomic mass is 9.96. The molecule has 3 nitrogen and oxygen atoms in total. The van der Waals surface area contributed by atoms with E-state index in [1.54, 1.807) is 17.9 Å². The van der Waals surface area contributed by atoms with E-state index in [4.69, 9.17) is 0 Å². The Balaban J connectivity index is 2.24. The van der Waals surface area contributed by atoms with Gasteiger partial charge in [-0.25, -0.2) is 0 Å². The minimum atomic E-state index is -0.649. The highest BCUT2D eigenvalue weighted by molar-refractivity contribution is 5.77. The number of amides is 1. The summed E-state index contributed by atoms with van der Waals surface area (Å²) in [5, 5.41) is 9.34. The second kappa shape index (κ2) is 3.27. The van der Waals surface area contributed by atoms with Crippen molar-refractivity contribution in [3.05, 3.63) is 12.7 Å². The van der Waals surface area contributed by atoms with Gasteiger partial charge in [0, 0.05) is 6.42 Å². The Morgan fingerprint density at radius 3 is 2.75 bits per heavy atom. The maximum atomic E-state index is 11.2. The summed E-state index contributed by atoms with van der Waals surface area (Å²) in [4.78, 5) is 12.9. The molecule has 0 unspecified atom stereocenters. The zero-order chi connectivity index (χ0) is 9.19. The van der Waals surface area contributed by atoms with Gasteiger partial charge in [0.25, 0.3) is 0 Å². The molecule has 1 rings (SSSR count). The monoisotopic (exact) mass is 169 g/mol. The molecule has 0 bridgehead atoms. The fraction of sp³-hybridized carbons (Fsp3) is 0.667. The fourth-order valence-corrected chi connectivity index (χ4v) is 1.34. The Morgan fingerprint density at radius 1 is 1.75 bits per heavy atom. The molecule has 1 heterocycles. The summed E-state index contributed by atoms with van der Waals surface area (Å²) in [6.07, 6.45) is 2.97. The molecule has 0 atom stereocenters. The molecule has 0 aromatic heterocycles. The van der Waals surface area contributed by atoms with Crippen LogP contribution in [0.25, 0.3) is 0 Å². The number of allylic oxidation sites excluding steroid dienone is 1. The Hall–Kier alpha value is -0.830. The largest absolute Gasteiger partial charge is 0.386 e. The van der Waals surface area contributed by atoms with Crippen molar-refractivity contribution in [1.29, 1.82) is 0 Å². The molecule has 68 valence electrons. The first kappa shape index (κ1) is 9.26. The molecule has 0 aromatic rings. The van der Waals surface area contributed by atoms with Gasteiger partial charge in [-0.2, -0.15) is 0 Å². The molecule has 0 saturated carbocycles. The van der Waals surface area contributed by atoms with Crippen molar-refractivity contribution < 1.29 is 9.90 Å². The summed E-state index contributed by atoms with van der Waals surface area (Å²) in [7, 11) is 0. The molecule has 1 amide bonds. The van der Waals surface area contributed by atoms with Gasteiger partial charge in [0.2, 0.25) is 5.91 Å². The smallest absolute Gasteiger partial charge is 0.223 e. The van der Waals surface area contributed by atoms with E-state index in [1.165, 1.54) is 0 Å². The number of rotatable bonds is 3. The summed E-state index contributed by atoms with van der Waals surface area (Å²) in [6, 6.07) is 0. The quantitative estimate of drug-likeness (QED) is 0.627. The molecule has 0 aromatic carbocycles. The second-order valence-electron chi connectivity index (χ2n) is 3.57. The van der Waals surface area contributed by atoms with Crippen LogP contribution in [-0.2, 0) is 4.79 Å². The second-order valence-corrected chi connectivity index (χ2v) is 3.57. The number of hydrogen-bond donors (Lipinski definition) is 1. The topological polar surface area (TPSA) is 40.5 Å². The average Bonchev–Trinajstić information content (AvgIpc) is 1.95. The molecule has 1 fully saturated rings. The van der Waals surface area contributed by atoms with Crippen molar-refractivity contribution >= 4 is 5.91 Å². The van der Waals surface area contributed by atoms with Gasteiger partial charge in [-0.05, 0) is 13.3 Å². The van der Waals surface area contributed by atoms with E-state index in [2.05, 4.69) is 6.58 Å². The van der Waals surface area contributed by atoms with E-state index < -0.39 is 5.60 Å². The van der Waals surface area contributed by atoms with E-state index in [9.17, 15) is 9.90 Å². The lowest BCUT2D eigenvalue weighted by molar-refractivity contribution is -0.152. The number of β-amino-alcohol motifs (C(OH)–C–C–N with tert-alkyl or cyclic N) is 1. The third-order valence-electron chi connectivity index (χ3n) is 1.98. The molecule has 1 aliphatic heterocycles. The molecule has 0 radical (unpaired) electrons. The number of carbonyl (C=O) groups excluding carboxylic acids is 1. The Kier molecular flexibility index (Phi) is 2.52. The van der Waals surface area contributed by atoms with Crippen molar-refractivity contribution in [2.45, 2.75) is 25.4 Å². The van der Waals surface area contributed by atoms with Crippen LogP contribution in [0.1, 0.15) is 19.8 Å². The highest BCUT2D eigenvalue weighted by Crippen LogP contribution is 2.20. The lowest BCUT2D eigenvalue weighted by Crippen LogP contribution is -2.61. The van der Waals surface area contributed by atoms with Crippen molar-refractivity contribution in [2.24, 2.45) is 0 Å². The lowest BCUT2D eigenvalue weighted by Gasteiger charge is -2.44. The normalized spacial score (nSPS) is 20.0. The zero-order valence-electron chi connectivity index (χ0n) is 7.42. The van der Waals surface area contributed by atoms with Crippen molar-refractivity contribution in [2.75, 3.05) is 13.1 Å². The van der Waals surface area contributed by atoms with E-state index in [0.29, 0.717) is 19.5 Å². The third kappa shape index (κ3) is 2.08. The number of aliphatic hydroxyl groups is 1. The van der Waals surface area contributed by atoms with Crippen molar-refractivity contribution in [3.8, 4) is 0 Å². The van der Waals surface area contributed by atoms with Gasteiger partial charge in [0.1, 0.15) is 0 Å². The van der Waals surface area contributed by atoms with Crippen LogP contribution in [0.3, 0.4) is 0 Å². The van der Waals surface area contributed by atoms with Crippen LogP contribution in [-0.4, -0.2) is 34.6 Å². The fourth-order valence-electron chi connectivity index (χ4n) is 1.34. The van der Waals surface area contributed by atoms with Crippen molar-refractivity contribution in [3.63, 3.8) is 0 Å². The van der Waals surface area contributed by atoms with Gasteiger partial charge in [0.05, 0.1) is 18.7 Å². The first-order chi connectivity index (χ1) is 5.55.